The van der Waals surface area contributed by atoms with Crippen LogP contribution in [0.3, 0.4) is 0 Å². The van der Waals surface area contributed by atoms with Crippen molar-refractivity contribution >= 4 is 11.6 Å². The maximum atomic E-state index is 13.3. The van der Waals surface area contributed by atoms with E-state index in [1.165, 1.54) is 6.07 Å². The van der Waals surface area contributed by atoms with Crippen molar-refractivity contribution in [3.63, 3.8) is 0 Å². The number of nitrogens with two attached hydrogens (primary N) is 1. The van der Waals surface area contributed by atoms with Gasteiger partial charge in [-0.1, -0.05) is 17.7 Å². The third kappa shape index (κ3) is 3.40. The molecule has 0 fully saturated rings. The molecule has 0 amide bonds. The first-order valence-corrected chi connectivity index (χ1v) is 6.94. The van der Waals surface area contributed by atoms with Gasteiger partial charge in [0.1, 0.15) is 0 Å². The van der Waals surface area contributed by atoms with Gasteiger partial charge >= 0.3 is 0 Å². The van der Waals surface area contributed by atoms with Gasteiger partial charge in [0.2, 0.25) is 0 Å². The maximum absolute atomic E-state index is 13.3. The maximum Gasteiger partial charge on any atom is 0.159 e. The van der Waals surface area contributed by atoms with Crippen molar-refractivity contribution in [1.29, 1.82) is 0 Å². The highest BCUT2D eigenvalue weighted by atomic mass is 35.5. The molecular formula is C14H17ClF2N4. The van der Waals surface area contributed by atoms with Crippen LogP contribution in [0.4, 0.5) is 8.78 Å². The van der Waals surface area contributed by atoms with Crippen LogP contribution in [0.25, 0.3) is 0 Å². The number of nitrogens with one attached hydrogen (secondary N) is 1. The SMILES string of the molecule is CC(C)n1ncc(Cl)c1C(Cc1ccc(F)c(F)c1)NN. The number of benzene rings is 1. The third-order valence-electron chi connectivity index (χ3n) is 3.23. The molecule has 0 saturated heterocycles. The summed E-state index contributed by atoms with van der Waals surface area (Å²) in [6.45, 7) is 3.94. The summed E-state index contributed by atoms with van der Waals surface area (Å²) in [6.07, 6.45) is 1.91. The monoisotopic (exact) mass is 314 g/mol. The van der Waals surface area contributed by atoms with E-state index in [1.807, 2.05) is 13.8 Å². The minimum atomic E-state index is -0.883. The number of nitrogens with zero attached hydrogens (tertiary/aromatic N) is 2. The van der Waals surface area contributed by atoms with E-state index in [0.29, 0.717) is 17.0 Å². The number of aromatic nitrogens is 2. The van der Waals surface area contributed by atoms with Crippen LogP contribution in [-0.4, -0.2) is 9.78 Å². The highest BCUT2D eigenvalue weighted by molar-refractivity contribution is 6.31. The number of hydrogen-bond donors (Lipinski definition) is 2. The van der Waals surface area contributed by atoms with Gasteiger partial charge in [0.15, 0.2) is 11.6 Å². The Balaban J connectivity index is 2.32. The van der Waals surface area contributed by atoms with Crippen LogP contribution >= 0.6 is 11.6 Å². The van der Waals surface area contributed by atoms with Crippen molar-refractivity contribution in [3.8, 4) is 0 Å². The predicted molar refractivity (Wildman–Crippen MR) is 77.7 cm³/mol. The Morgan fingerprint density at radius 1 is 1.33 bits per heavy atom. The molecule has 0 aliphatic carbocycles. The summed E-state index contributed by atoms with van der Waals surface area (Å²) in [7, 11) is 0. The van der Waals surface area contributed by atoms with Gasteiger partial charge in [0, 0.05) is 6.04 Å². The molecule has 114 valence electrons. The standard InChI is InChI=1S/C14H17ClF2N4/c1-8(2)21-14(10(15)7-19-21)13(20-18)6-9-3-4-11(16)12(17)5-9/h3-5,7-8,13,20H,6,18H2,1-2H3. The fourth-order valence-corrected chi connectivity index (χ4v) is 2.49. The lowest BCUT2D eigenvalue weighted by Crippen LogP contribution is -2.32. The normalized spacial score (nSPS) is 12.9. The van der Waals surface area contributed by atoms with Crippen molar-refractivity contribution in [2.75, 3.05) is 0 Å². The molecule has 1 heterocycles. The molecule has 3 N–H and O–H groups in total. The van der Waals surface area contributed by atoms with Crippen LogP contribution in [-0.2, 0) is 6.42 Å². The topological polar surface area (TPSA) is 55.9 Å². The van der Waals surface area contributed by atoms with Gasteiger partial charge in [-0.2, -0.15) is 5.10 Å². The molecule has 0 saturated carbocycles. The Labute approximate surface area is 126 Å². The van der Waals surface area contributed by atoms with Crippen LogP contribution in [0.1, 0.15) is 37.2 Å². The second-order valence-electron chi connectivity index (χ2n) is 5.09. The largest absolute Gasteiger partial charge is 0.271 e. The van der Waals surface area contributed by atoms with E-state index >= 15 is 0 Å². The van der Waals surface area contributed by atoms with Crippen LogP contribution in [0.5, 0.6) is 0 Å². The first-order valence-electron chi connectivity index (χ1n) is 6.57. The predicted octanol–water partition coefficient (Wildman–Crippen LogP) is 3.14. The highest BCUT2D eigenvalue weighted by Crippen LogP contribution is 2.27. The van der Waals surface area contributed by atoms with Crippen LogP contribution in [0.2, 0.25) is 5.02 Å². The van der Waals surface area contributed by atoms with Gasteiger partial charge in [-0.15, -0.1) is 0 Å². The first-order chi connectivity index (χ1) is 9.93. The van der Waals surface area contributed by atoms with E-state index in [4.69, 9.17) is 17.4 Å². The van der Waals surface area contributed by atoms with Crippen LogP contribution in [0, 0.1) is 11.6 Å². The molecule has 4 nitrogen and oxygen atoms in total. The zero-order chi connectivity index (χ0) is 15.6. The van der Waals surface area contributed by atoms with Gasteiger partial charge < -0.3 is 0 Å². The lowest BCUT2D eigenvalue weighted by atomic mass is 10.0. The fraction of sp³-hybridized carbons (Fsp3) is 0.357. The van der Waals surface area contributed by atoms with Crippen molar-refractivity contribution < 1.29 is 8.78 Å². The Morgan fingerprint density at radius 2 is 2.05 bits per heavy atom. The minimum Gasteiger partial charge on any atom is -0.271 e. The lowest BCUT2D eigenvalue weighted by Gasteiger charge is -2.20. The smallest absolute Gasteiger partial charge is 0.159 e. The molecule has 0 aliphatic rings. The summed E-state index contributed by atoms with van der Waals surface area (Å²) >= 11 is 6.17. The minimum absolute atomic E-state index is 0.105. The summed E-state index contributed by atoms with van der Waals surface area (Å²) in [5.74, 6) is 3.84. The van der Waals surface area contributed by atoms with Gasteiger partial charge in [0.25, 0.3) is 0 Å². The Morgan fingerprint density at radius 3 is 2.62 bits per heavy atom. The summed E-state index contributed by atoms with van der Waals surface area (Å²) in [5.41, 5.74) is 4.00. The molecule has 1 atom stereocenters. The quantitative estimate of drug-likeness (QED) is 0.658. The van der Waals surface area contributed by atoms with E-state index in [-0.39, 0.29) is 12.1 Å². The molecule has 1 aromatic carbocycles. The van der Waals surface area contributed by atoms with E-state index < -0.39 is 11.6 Å². The molecule has 0 radical (unpaired) electrons. The molecule has 1 aromatic heterocycles. The van der Waals surface area contributed by atoms with Crippen molar-refractivity contribution in [3.05, 3.63) is 52.3 Å². The molecule has 2 rings (SSSR count). The Hall–Kier alpha value is -1.50. The molecule has 0 aliphatic heterocycles. The zero-order valence-electron chi connectivity index (χ0n) is 11.8. The molecule has 0 spiro atoms. The molecule has 7 heteroatoms. The lowest BCUT2D eigenvalue weighted by molar-refractivity contribution is 0.446. The third-order valence-corrected chi connectivity index (χ3v) is 3.52. The summed E-state index contributed by atoms with van der Waals surface area (Å²) in [4.78, 5) is 0. The van der Waals surface area contributed by atoms with E-state index in [2.05, 4.69) is 10.5 Å². The number of hydrazine groups is 1. The van der Waals surface area contributed by atoms with Crippen molar-refractivity contribution in [2.45, 2.75) is 32.4 Å². The summed E-state index contributed by atoms with van der Waals surface area (Å²) in [5, 5.41) is 4.69. The first kappa shape index (κ1) is 15.9. The second kappa shape index (κ2) is 6.51. The van der Waals surface area contributed by atoms with Crippen molar-refractivity contribution in [2.24, 2.45) is 5.84 Å². The van der Waals surface area contributed by atoms with Gasteiger partial charge in [-0.3, -0.25) is 16.0 Å². The van der Waals surface area contributed by atoms with Gasteiger partial charge in [-0.25, -0.2) is 8.78 Å². The van der Waals surface area contributed by atoms with Crippen molar-refractivity contribution in [1.82, 2.24) is 15.2 Å². The molecule has 1 unspecified atom stereocenters. The van der Waals surface area contributed by atoms with Gasteiger partial charge in [-0.05, 0) is 38.0 Å². The van der Waals surface area contributed by atoms with E-state index in [1.54, 1.807) is 10.9 Å². The van der Waals surface area contributed by atoms with E-state index in [9.17, 15) is 8.78 Å². The zero-order valence-corrected chi connectivity index (χ0v) is 12.5. The fourth-order valence-electron chi connectivity index (χ4n) is 2.23. The van der Waals surface area contributed by atoms with Crippen LogP contribution < -0.4 is 11.3 Å². The molecule has 0 bridgehead atoms. The molecule has 21 heavy (non-hydrogen) atoms. The number of hydrogen-bond acceptors (Lipinski definition) is 3. The Bertz CT molecular complexity index is 627. The molecule has 2 aromatic rings. The number of halogens is 3. The highest BCUT2D eigenvalue weighted by Gasteiger charge is 2.21. The summed E-state index contributed by atoms with van der Waals surface area (Å²) < 4.78 is 28.0. The van der Waals surface area contributed by atoms with Gasteiger partial charge in [0.05, 0.1) is 23.0 Å². The van der Waals surface area contributed by atoms with E-state index in [0.717, 1.165) is 17.8 Å². The second-order valence-corrected chi connectivity index (χ2v) is 5.50. The Kier molecular flexibility index (Phi) is 4.92. The average Bonchev–Trinajstić information content (AvgIpc) is 2.82. The van der Waals surface area contributed by atoms with Crippen LogP contribution in [0.15, 0.2) is 24.4 Å². The molecular weight excluding hydrogens is 298 g/mol. The summed E-state index contributed by atoms with van der Waals surface area (Å²) in [6, 6.07) is 3.52. The average molecular weight is 315 g/mol. The number of rotatable bonds is 5.